The molecule has 4 N–H and O–H groups in total. The molecule has 0 amide bonds. The highest BCUT2D eigenvalue weighted by Gasteiger charge is 2.14. The summed E-state index contributed by atoms with van der Waals surface area (Å²) in [7, 11) is 0. The van der Waals surface area contributed by atoms with E-state index in [-0.39, 0.29) is 0 Å². The number of nitrogen functional groups attached to an aromatic ring is 1. The van der Waals surface area contributed by atoms with Gasteiger partial charge in [0, 0.05) is 25.1 Å². The molecule has 0 unspecified atom stereocenters. The Hall–Kier alpha value is -1.75. The molecular weight excluding hydrogens is 228 g/mol. The lowest BCUT2D eigenvalue weighted by Crippen LogP contribution is -2.22. The molecule has 0 saturated carbocycles. The first-order chi connectivity index (χ1) is 8.83. The molecule has 0 atom stereocenters. The van der Waals surface area contributed by atoms with Crippen LogP contribution in [0, 0.1) is 5.92 Å². The van der Waals surface area contributed by atoms with Gasteiger partial charge in [0.2, 0.25) is 0 Å². The Morgan fingerprint density at radius 3 is 3.06 bits per heavy atom. The molecule has 18 heavy (non-hydrogen) atoms. The topological polar surface area (TPSA) is 76.0 Å². The second kappa shape index (κ2) is 4.86. The van der Waals surface area contributed by atoms with E-state index in [2.05, 4.69) is 15.5 Å². The highest BCUT2D eigenvalue weighted by atomic mass is 16.5. The van der Waals surface area contributed by atoms with Crippen LogP contribution in [0.15, 0.2) is 18.3 Å². The number of nitrogens with one attached hydrogen (secondary N) is 2. The highest BCUT2D eigenvalue weighted by Crippen LogP contribution is 2.25. The van der Waals surface area contributed by atoms with Crippen molar-refractivity contribution in [1.82, 2.24) is 10.2 Å². The lowest BCUT2D eigenvalue weighted by molar-refractivity contribution is 0.0699. The molecule has 1 aliphatic heterocycles. The number of hydrogen-bond donors (Lipinski definition) is 3. The van der Waals surface area contributed by atoms with Gasteiger partial charge in [0.25, 0.3) is 0 Å². The number of rotatable bonds is 3. The van der Waals surface area contributed by atoms with E-state index in [1.165, 1.54) is 0 Å². The van der Waals surface area contributed by atoms with Crippen molar-refractivity contribution in [3.8, 4) is 0 Å². The van der Waals surface area contributed by atoms with Gasteiger partial charge < -0.3 is 15.8 Å². The lowest BCUT2D eigenvalue weighted by Gasteiger charge is -2.23. The van der Waals surface area contributed by atoms with Gasteiger partial charge in [-0.1, -0.05) is 0 Å². The van der Waals surface area contributed by atoms with E-state index < -0.39 is 0 Å². The maximum atomic E-state index is 6.03. The van der Waals surface area contributed by atoms with Crippen LogP contribution in [-0.4, -0.2) is 30.0 Å². The summed E-state index contributed by atoms with van der Waals surface area (Å²) in [4.78, 5) is 0. The summed E-state index contributed by atoms with van der Waals surface area (Å²) >= 11 is 0. The van der Waals surface area contributed by atoms with E-state index in [0.29, 0.717) is 5.92 Å². The van der Waals surface area contributed by atoms with Crippen molar-refractivity contribution in [2.45, 2.75) is 12.8 Å². The van der Waals surface area contributed by atoms with Gasteiger partial charge in [0.05, 0.1) is 23.1 Å². The Labute approximate surface area is 106 Å². The highest BCUT2D eigenvalue weighted by molar-refractivity contribution is 5.88. The van der Waals surface area contributed by atoms with Gasteiger partial charge in [0.1, 0.15) is 0 Å². The Morgan fingerprint density at radius 2 is 2.22 bits per heavy atom. The number of anilines is 2. The molecule has 2 aromatic rings. The third-order valence-corrected chi connectivity index (χ3v) is 3.53. The number of ether oxygens (including phenoxy) is 1. The predicted molar refractivity (Wildman–Crippen MR) is 72.5 cm³/mol. The smallest absolute Gasteiger partial charge is 0.0672 e. The van der Waals surface area contributed by atoms with E-state index in [4.69, 9.17) is 10.5 Å². The molecule has 1 fully saturated rings. The van der Waals surface area contributed by atoms with Crippen LogP contribution in [0.5, 0.6) is 0 Å². The summed E-state index contributed by atoms with van der Waals surface area (Å²) < 4.78 is 5.36. The first kappa shape index (κ1) is 11.3. The minimum atomic E-state index is 0.676. The minimum absolute atomic E-state index is 0.676. The van der Waals surface area contributed by atoms with Crippen LogP contribution in [0.3, 0.4) is 0 Å². The molecule has 96 valence electrons. The van der Waals surface area contributed by atoms with Gasteiger partial charge in [0.15, 0.2) is 0 Å². The molecule has 1 aromatic carbocycles. The zero-order valence-corrected chi connectivity index (χ0v) is 10.3. The van der Waals surface area contributed by atoms with E-state index in [9.17, 15) is 0 Å². The molecule has 1 aliphatic rings. The van der Waals surface area contributed by atoms with Crippen LogP contribution < -0.4 is 11.1 Å². The number of aromatic nitrogens is 2. The fraction of sp³-hybridized carbons (Fsp3) is 0.462. The first-order valence-corrected chi connectivity index (χ1v) is 6.37. The Bertz CT molecular complexity index is 531. The van der Waals surface area contributed by atoms with Crippen molar-refractivity contribution >= 4 is 22.3 Å². The van der Waals surface area contributed by atoms with Gasteiger partial charge in [-0.2, -0.15) is 5.10 Å². The van der Waals surface area contributed by atoms with E-state index >= 15 is 0 Å². The van der Waals surface area contributed by atoms with E-state index in [1.807, 2.05) is 12.1 Å². The van der Waals surface area contributed by atoms with Gasteiger partial charge in [-0.15, -0.1) is 0 Å². The summed E-state index contributed by atoms with van der Waals surface area (Å²) in [5.41, 5.74) is 8.80. The molecule has 0 aliphatic carbocycles. The molecule has 5 nitrogen and oxygen atoms in total. The molecule has 5 heteroatoms. The fourth-order valence-corrected chi connectivity index (χ4v) is 2.37. The fourth-order valence-electron chi connectivity index (χ4n) is 2.37. The number of hydrogen-bond acceptors (Lipinski definition) is 4. The van der Waals surface area contributed by atoms with Crippen LogP contribution >= 0.6 is 0 Å². The van der Waals surface area contributed by atoms with E-state index in [1.54, 1.807) is 6.20 Å². The zero-order valence-electron chi connectivity index (χ0n) is 10.3. The van der Waals surface area contributed by atoms with Crippen molar-refractivity contribution in [1.29, 1.82) is 0 Å². The third-order valence-electron chi connectivity index (χ3n) is 3.53. The second-order valence-electron chi connectivity index (χ2n) is 4.83. The van der Waals surface area contributed by atoms with Gasteiger partial charge in [-0.3, -0.25) is 5.10 Å². The van der Waals surface area contributed by atoms with Crippen molar-refractivity contribution in [2.75, 3.05) is 30.8 Å². The SMILES string of the molecule is Nc1cc2cn[nH]c2cc1NCC1CCOCC1. The van der Waals surface area contributed by atoms with Crippen LogP contribution in [0.2, 0.25) is 0 Å². The number of benzene rings is 1. The van der Waals surface area contributed by atoms with Gasteiger partial charge in [-0.05, 0) is 30.9 Å². The minimum Gasteiger partial charge on any atom is -0.397 e. The summed E-state index contributed by atoms with van der Waals surface area (Å²) in [6.07, 6.45) is 4.03. The molecular formula is C13H18N4O. The lowest BCUT2D eigenvalue weighted by atomic mass is 10.0. The van der Waals surface area contributed by atoms with Crippen LogP contribution in [0.4, 0.5) is 11.4 Å². The number of aromatic amines is 1. The average Bonchev–Trinajstić information content (AvgIpc) is 2.84. The van der Waals surface area contributed by atoms with E-state index in [0.717, 1.165) is 54.9 Å². The maximum Gasteiger partial charge on any atom is 0.0672 e. The molecule has 0 bridgehead atoms. The second-order valence-corrected chi connectivity index (χ2v) is 4.83. The summed E-state index contributed by atoms with van der Waals surface area (Å²) in [5, 5.41) is 11.4. The van der Waals surface area contributed by atoms with Crippen molar-refractivity contribution in [2.24, 2.45) is 5.92 Å². The summed E-state index contributed by atoms with van der Waals surface area (Å²) in [6, 6.07) is 3.97. The molecule has 0 radical (unpaired) electrons. The number of fused-ring (bicyclic) bond motifs is 1. The molecule has 1 aromatic heterocycles. The summed E-state index contributed by atoms with van der Waals surface area (Å²) in [5.74, 6) is 0.676. The van der Waals surface area contributed by atoms with Crippen molar-refractivity contribution in [3.63, 3.8) is 0 Å². The normalized spacial score (nSPS) is 17.1. The van der Waals surface area contributed by atoms with Gasteiger partial charge in [-0.25, -0.2) is 0 Å². The molecule has 3 rings (SSSR count). The zero-order chi connectivity index (χ0) is 12.4. The van der Waals surface area contributed by atoms with Crippen LogP contribution in [0.1, 0.15) is 12.8 Å². The predicted octanol–water partition coefficient (Wildman–Crippen LogP) is 1.98. The third kappa shape index (κ3) is 2.26. The van der Waals surface area contributed by atoms with Crippen molar-refractivity contribution in [3.05, 3.63) is 18.3 Å². The monoisotopic (exact) mass is 246 g/mol. The molecule has 1 saturated heterocycles. The Morgan fingerprint density at radius 1 is 1.39 bits per heavy atom. The van der Waals surface area contributed by atoms with Crippen LogP contribution in [0.25, 0.3) is 10.9 Å². The quantitative estimate of drug-likeness (QED) is 0.724. The Balaban J connectivity index is 1.71. The number of H-pyrrole nitrogens is 1. The van der Waals surface area contributed by atoms with Crippen molar-refractivity contribution < 1.29 is 4.74 Å². The average molecular weight is 246 g/mol. The first-order valence-electron chi connectivity index (χ1n) is 6.37. The largest absolute Gasteiger partial charge is 0.397 e. The maximum absolute atomic E-state index is 6.03. The molecule has 0 spiro atoms. The number of nitrogens with zero attached hydrogens (tertiary/aromatic N) is 1. The standard InChI is InChI=1S/C13H18N4O/c14-11-5-10-8-16-17-12(10)6-13(11)15-7-9-1-3-18-4-2-9/h5-6,8-9,15H,1-4,7,14H2,(H,16,17). The number of nitrogens with two attached hydrogens (primary N) is 1. The Kier molecular flexibility index (Phi) is 3.06. The van der Waals surface area contributed by atoms with Crippen LogP contribution in [-0.2, 0) is 4.74 Å². The molecule has 2 heterocycles. The van der Waals surface area contributed by atoms with Gasteiger partial charge >= 0.3 is 0 Å². The summed E-state index contributed by atoms with van der Waals surface area (Å²) in [6.45, 7) is 2.70.